The van der Waals surface area contributed by atoms with Gasteiger partial charge in [0, 0.05) is 20.6 Å². The maximum Gasteiger partial charge on any atom is 0.310 e. The van der Waals surface area contributed by atoms with E-state index in [0.29, 0.717) is 12.8 Å². The van der Waals surface area contributed by atoms with Crippen LogP contribution in [0.3, 0.4) is 0 Å². The highest BCUT2D eigenvalue weighted by Crippen LogP contribution is 2.30. The van der Waals surface area contributed by atoms with Crippen molar-refractivity contribution in [3.8, 4) is 0 Å². The number of carboxylic acid groups (broad SMARTS) is 1. The van der Waals surface area contributed by atoms with Gasteiger partial charge in [-0.3, -0.25) is 9.59 Å². The van der Waals surface area contributed by atoms with Gasteiger partial charge in [-0.25, -0.2) is 0 Å². The van der Waals surface area contributed by atoms with Gasteiger partial charge < -0.3 is 19.9 Å². The first-order valence-electron chi connectivity index (χ1n) is 6.01. The molecule has 0 saturated heterocycles. The number of amides is 1. The van der Waals surface area contributed by atoms with E-state index < -0.39 is 17.7 Å². The second kappa shape index (κ2) is 8.05. The smallest absolute Gasteiger partial charge is 0.310 e. The van der Waals surface area contributed by atoms with Gasteiger partial charge in [0.25, 0.3) is 0 Å². The van der Waals surface area contributed by atoms with Crippen LogP contribution in [0.15, 0.2) is 0 Å². The predicted molar refractivity (Wildman–Crippen MR) is 66.1 cm³/mol. The number of carbonyl (C=O) groups is 2. The third-order valence-electron chi connectivity index (χ3n) is 3.30. The monoisotopic (exact) mass is 261 g/mol. The molecule has 1 amide bonds. The van der Waals surface area contributed by atoms with Crippen molar-refractivity contribution in [1.29, 1.82) is 0 Å². The molecule has 106 valence electrons. The van der Waals surface area contributed by atoms with Crippen LogP contribution in [-0.2, 0) is 19.1 Å². The average Bonchev–Trinajstić information content (AvgIpc) is 2.36. The minimum atomic E-state index is -0.986. The largest absolute Gasteiger partial charge is 0.481 e. The van der Waals surface area contributed by atoms with Crippen LogP contribution >= 0.6 is 0 Å². The molecule has 0 aromatic rings. The Hall–Kier alpha value is -1.14. The van der Waals surface area contributed by atoms with Crippen molar-refractivity contribution in [1.82, 2.24) is 5.32 Å². The Morgan fingerprint density at radius 2 is 1.72 bits per heavy atom. The van der Waals surface area contributed by atoms with Crippen LogP contribution in [0, 0.1) is 5.41 Å². The van der Waals surface area contributed by atoms with Crippen LogP contribution in [0.1, 0.15) is 33.1 Å². The lowest BCUT2D eigenvalue weighted by atomic mass is 9.79. The minimum Gasteiger partial charge on any atom is -0.481 e. The van der Waals surface area contributed by atoms with E-state index in [1.165, 1.54) is 14.2 Å². The van der Waals surface area contributed by atoms with Gasteiger partial charge in [-0.2, -0.15) is 0 Å². The van der Waals surface area contributed by atoms with E-state index in [0.717, 1.165) is 0 Å². The SMILES string of the molecule is CCC(CC)(CC(=O)NCC(OC)OC)C(=O)O. The second-order valence-electron chi connectivity index (χ2n) is 4.17. The van der Waals surface area contributed by atoms with Crippen molar-refractivity contribution in [2.24, 2.45) is 5.41 Å². The first-order chi connectivity index (χ1) is 8.45. The average molecular weight is 261 g/mol. The number of nitrogens with one attached hydrogen (secondary N) is 1. The van der Waals surface area contributed by atoms with Crippen molar-refractivity contribution in [2.45, 2.75) is 39.4 Å². The molecule has 0 bridgehead atoms. The topological polar surface area (TPSA) is 84.9 Å². The highest BCUT2D eigenvalue weighted by Gasteiger charge is 2.37. The highest BCUT2D eigenvalue weighted by molar-refractivity contribution is 5.84. The van der Waals surface area contributed by atoms with Crippen molar-refractivity contribution in [2.75, 3.05) is 20.8 Å². The second-order valence-corrected chi connectivity index (χ2v) is 4.17. The number of carbonyl (C=O) groups excluding carboxylic acids is 1. The molecule has 0 aromatic carbocycles. The van der Waals surface area contributed by atoms with Gasteiger partial charge in [-0.1, -0.05) is 13.8 Å². The van der Waals surface area contributed by atoms with Crippen LogP contribution in [-0.4, -0.2) is 44.0 Å². The van der Waals surface area contributed by atoms with Gasteiger partial charge in [0.2, 0.25) is 5.91 Å². The molecule has 0 radical (unpaired) electrons. The molecule has 18 heavy (non-hydrogen) atoms. The van der Waals surface area contributed by atoms with Crippen molar-refractivity contribution < 1.29 is 24.2 Å². The molecule has 0 aromatic heterocycles. The fraction of sp³-hybridized carbons (Fsp3) is 0.833. The van der Waals surface area contributed by atoms with E-state index in [1.807, 2.05) is 0 Å². The zero-order valence-electron chi connectivity index (χ0n) is 11.5. The van der Waals surface area contributed by atoms with Crippen LogP contribution in [0.2, 0.25) is 0 Å². The molecule has 0 rings (SSSR count). The van der Waals surface area contributed by atoms with Gasteiger partial charge in [-0.05, 0) is 12.8 Å². The summed E-state index contributed by atoms with van der Waals surface area (Å²) in [5, 5.41) is 11.8. The summed E-state index contributed by atoms with van der Waals surface area (Å²) in [4.78, 5) is 23.0. The summed E-state index contributed by atoms with van der Waals surface area (Å²) >= 11 is 0. The molecule has 0 saturated carbocycles. The van der Waals surface area contributed by atoms with E-state index in [2.05, 4.69) is 5.32 Å². The summed E-state index contributed by atoms with van der Waals surface area (Å²) in [6.45, 7) is 3.75. The highest BCUT2D eigenvalue weighted by atomic mass is 16.7. The number of hydrogen-bond acceptors (Lipinski definition) is 4. The normalized spacial score (nSPS) is 11.6. The number of rotatable bonds is 9. The Balaban J connectivity index is 4.40. The molecule has 0 fully saturated rings. The van der Waals surface area contributed by atoms with Crippen molar-refractivity contribution >= 4 is 11.9 Å². The van der Waals surface area contributed by atoms with Crippen molar-refractivity contribution in [3.63, 3.8) is 0 Å². The Morgan fingerprint density at radius 1 is 1.22 bits per heavy atom. The van der Waals surface area contributed by atoms with E-state index in [-0.39, 0.29) is 18.9 Å². The quantitative estimate of drug-likeness (QED) is 0.605. The summed E-state index contributed by atoms with van der Waals surface area (Å²) in [5.74, 6) is -1.24. The Morgan fingerprint density at radius 3 is 2.06 bits per heavy atom. The molecule has 0 aliphatic heterocycles. The first-order valence-corrected chi connectivity index (χ1v) is 6.01. The molecule has 0 heterocycles. The molecule has 0 atom stereocenters. The third-order valence-corrected chi connectivity index (χ3v) is 3.30. The summed E-state index contributed by atoms with van der Waals surface area (Å²) in [6.07, 6.45) is 0.292. The van der Waals surface area contributed by atoms with Crippen LogP contribution in [0.25, 0.3) is 0 Å². The van der Waals surface area contributed by atoms with E-state index >= 15 is 0 Å². The number of aliphatic carboxylic acids is 1. The molecule has 2 N–H and O–H groups in total. The Kier molecular flexibility index (Phi) is 7.54. The summed E-state index contributed by atoms with van der Waals surface area (Å²) < 4.78 is 9.85. The lowest BCUT2D eigenvalue weighted by Crippen LogP contribution is -2.40. The zero-order chi connectivity index (χ0) is 14.2. The fourth-order valence-corrected chi connectivity index (χ4v) is 1.71. The van der Waals surface area contributed by atoms with Crippen LogP contribution < -0.4 is 5.32 Å². The minimum absolute atomic E-state index is 0.0323. The van der Waals surface area contributed by atoms with E-state index in [9.17, 15) is 14.7 Å². The Bertz CT molecular complexity index is 272. The van der Waals surface area contributed by atoms with Crippen molar-refractivity contribution in [3.05, 3.63) is 0 Å². The summed E-state index contributed by atoms with van der Waals surface area (Å²) in [5.41, 5.74) is -0.986. The van der Waals surface area contributed by atoms with E-state index in [1.54, 1.807) is 13.8 Å². The standard InChI is InChI=1S/C12H23NO5/c1-5-12(6-2,11(15)16)7-9(14)13-8-10(17-3)18-4/h10H,5-8H2,1-4H3,(H,13,14)(H,15,16). The molecular formula is C12H23NO5. The summed E-state index contributed by atoms with van der Waals surface area (Å²) in [6, 6.07) is 0. The lowest BCUT2D eigenvalue weighted by Gasteiger charge is -2.26. The van der Waals surface area contributed by atoms with Gasteiger partial charge in [-0.15, -0.1) is 0 Å². The third kappa shape index (κ3) is 4.62. The molecule has 0 aliphatic carbocycles. The maximum atomic E-state index is 11.7. The first kappa shape index (κ1) is 16.9. The number of carboxylic acids is 1. The molecule has 0 spiro atoms. The molecule has 6 heteroatoms. The zero-order valence-corrected chi connectivity index (χ0v) is 11.5. The lowest BCUT2D eigenvalue weighted by molar-refractivity contribution is -0.152. The van der Waals surface area contributed by atoms with Crippen LogP contribution in [0.5, 0.6) is 0 Å². The fourth-order valence-electron chi connectivity index (χ4n) is 1.71. The van der Waals surface area contributed by atoms with Gasteiger partial charge in [0.1, 0.15) is 0 Å². The number of methoxy groups -OCH3 is 2. The van der Waals surface area contributed by atoms with Gasteiger partial charge in [0.15, 0.2) is 6.29 Å². The number of ether oxygens (including phenoxy) is 2. The molecular weight excluding hydrogens is 238 g/mol. The summed E-state index contributed by atoms with van der Waals surface area (Å²) in [7, 11) is 2.94. The van der Waals surface area contributed by atoms with Gasteiger partial charge in [0.05, 0.1) is 12.0 Å². The molecule has 6 nitrogen and oxygen atoms in total. The van der Waals surface area contributed by atoms with Crippen LogP contribution in [0.4, 0.5) is 0 Å². The predicted octanol–water partition coefficient (Wildman–Crippen LogP) is 1.00. The molecule has 0 unspecified atom stereocenters. The van der Waals surface area contributed by atoms with E-state index in [4.69, 9.17) is 9.47 Å². The molecule has 0 aliphatic rings. The van der Waals surface area contributed by atoms with Gasteiger partial charge >= 0.3 is 5.97 Å². The maximum absolute atomic E-state index is 11.7. The number of hydrogen-bond donors (Lipinski definition) is 2. The Labute approximate surface area is 108 Å².